The van der Waals surface area contributed by atoms with E-state index in [-0.39, 0.29) is 17.7 Å². The Bertz CT molecular complexity index is 561. The van der Waals surface area contributed by atoms with Crippen molar-refractivity contribution >= 4 is 11.8 Å². The van der Waals surface area contributed by atoms with Crippen molar-refractivity contribution in [2.24, 2.45) is 5.92 Å². The molecule has 2 aliphatic rings. The van der Waals surface area contributed by atoms with E-state index in [1.54, 1.807) is 17.0 Å². The van der Waals surface area contributed by atoms with Crippen LogP contribution in [0, 0.1) is 5.92 Å². The number of carbonyl (C=O) groups excluding carboxylic acids is 2. The Morgan fingerprint density at radius 3 is 2.12 bits per heavy atom. The van der Waals surface area contributed by atoms with Crippen LogP contribution in [-0.4, -0.2) is 52.9 Å². The molecule has 2 fully saturated rings. The molecule has 1 saturated heterocycles. The highest BCUT2D eigenvalue weighted by Gasteiger charge is 2.31. The van der Waals surface area contributed by atoms with Crippen molar-refractivity contribution in [1.82, 2.24) is 9.80 Å². The molecule has 0 bridgehead atoms. The van der Waals surface area contributed by atoms with E-state index in [4.69, 9.17) is 0 Å². The lowest BCUT2D eigenvalue weighted by Crippen LogP contribution is -2.53. The van der Waals surface area contributed by atoms with E-state index in [9.17, 15) is 14.7 Å². The van der Waals surface area contributed by atoms with Gasteiger partial charge < -0.3 is 14.9 Å². The van der Waals surface area contributed by atoms with Crippen molar-refractivity contribution in [1.29, 1.82) is 0 Å². The zero-order chi connectivity index (χ0) is 16.9. The topological polar surface area (TPSA) is 60.9 Å². The summed E-state index contributed by atoms with van der Waals surface area (Å²) < 4.78 is 0. The van der Waals surface area contributed by atoms with Crippen LogP contribution in [0.15, 0.2) is 30.3 Å². The third-order valence-electron chi connectivity index (χ3n) is 5.21. The summed E-state index contributed by atoms with van der Waals surface area (Å²) in [6.45, 7) is 2.15. The fraction of sp³-hybridized carbons (Fsp3) is 0.579. The van der Waals surface area contributed by atoms with E-state index in [0.717, 1.165) is 25.7 Å². The number of piperazine rings is 1. The molecule has 0 spiro atoms. The predicted octanol–water partition coefficient (Wildman–Crippen LogP) is 1.97. The molecular formula is C19H26N2O3. The maximum Gasteiger partial charge on any atom is 0.256 e. The Kier molecular flexibility index (Phi) is 5.51. The molecule has 1 aliphatic carbocycles. The third kappa shape index (κ3) is 3.78. The number of hydrogen-bond acceptors (Lipinski definition) is 3. The first-order chi connectivity index (χ1) is 11.7. The first-order valence-electron chi connectivity index (χ1n) is 8.97. The molecule has 3 rings (SSSR count). The van der Waals surface area contributed by atoms with Gasteiger partial charge in [-0.2, -0.15) is 0 Å². The van der Waals surface area contributed by atoms with Gasteiger partial charge in [0.1, 0.15) is 0 Å². The monoisotopic (exact) mass is 330 g/mol. The fourth-order valence-electron chi connectivity index (χ4n) is 3.71. The zero-order valence-electron chi connectivity index (χ0n) is 14.1. The van der Waals surface area contributed by atoms with Gasteiger partial charge in [0.2, 0.25) is 5.91 Å². The molecule has 1 aliphatic heterocycles. The highest BCUT2D eigenvalue weighted by Crippen LogP contribution is 2.26. The Labute approximate surface area is 143 Å². The molecular weight excluding hydrogens is 304 g/mol. The van der Waals surface area contributed by atoms with E-state index < -0.39 is 6.10 Å². The first kappa shape index (κ1) is 17.0. The lowest BCUT2D eigenvalue weighted by Gasteiger charge is -2.37. The minimum Gasteiger partial charge on any atom is -0.378 e. The summed E-state index contributed by atoms with van der Waals surface area (Å²) in [4.78, 5) is 28.6. The molecule has 1 heterocycles. The third-order valence-corrected chi connectivity index (χ3v) is 5.21. The number of aliphatic hydroxyl groups excluding tert-OH is 1. The fourth-order valence-corrected chi connectivity index (χ4v) is 3.71. The van der Waals surface area contributed by atoms with Gasteiger partial charge in [0.25, 0.3) is 5.91 Å². The Hall–Kier alpha value is -1.88. The van der Waals surface area contributed by atoms with Gasteiger partial charge in [-0.3, -0.25) is 9.59 Å². The second-order valence-electron chi connectivity index (χ2n) is 6.80. The van der Waals surface area contributed by atoms with Crippen molar-refractivity contribution in [3.63, 3.8) is 0 Å². The van der Waals surface area contributed by atoms with Gasteiger partial charge in [-0.1, -0.05) is 49.6 Å². The molecule has 0 aromatic heterocycles. The average Bonchev–Trinajstić information content (AvgIpc) is 2.68. The largest absolute Gasteiger partial charge is 0.378 e. The number of aliphatic hydroxyl groups is 1. The van der Waals surface area contributed by atoms with Gasteiger partial charge in [-0.25, -0.2) is 0 Å². The van der Waals surface area contributed by atoms with Gasteiger partial charge in [-0.05, 0) is 18.4 Å². The Balaban J connectivity index is 1.53. The molecule has 1 aromatic carbocycles. The number of rotatable bonds is 3. The Morgan fingerprint density at radius 2 is 1.50 bits per heavy atom. The van der Waals surface area contributed by atoms with Crippen LogP contribution >= 0.6 is 0 Å². The molecule has 1 saturated carbocycles. The van der Waals surface area contributed by atoms with Crippen molar-refractivity contribution in [3.8, 4) is 0 Å². The van der Waals surface area contributed by atoms with Gasteiger partial charge in [0, 0.05) is 32.1 Å². The maximum atomic E-state index is 12.6. The number of benzene rings is 1. The zero-order valence-corrected chi connectivity index (χ0v) is 14.1. The molecule has 1 atom stereocenters. The van der Waals surface area contributed by atoms with E-state index in [1.807, 2.05) is 23.1 Å². The van der Waals surface area contributed by atoms with Gasteiger partial charge in [-0.15, -0.1) is 0 Å². The quantitative estimate of drug-likeness (QED) is 0.922. The SMILES string of the molecule is O=C(C1CCCCC1)N1CCN(C(=O)C(O)c2ccccc2)CC1. The molecule has 130 valence electrons. The van der Waals surface area contributed by atoms with E-state index in [0.29, 0.717) is 31.7 Å². The summed E-state index contributed by atoms with van der Waals surface area (Å²) in [5, 5.41) is 10.2. The van der Waals surface area contributed by atoms with Crippen LogP contribution in [0.3, 0.4) is 0 Å². The number of carbonyl (C=O) groups is 2. The molecule has 5 heteroatoms. The summed E-state index contributed by atoms with van der Waals surface area (Å²) in [6.07, 6.45) is 4.43. The van der Waals surface area contributed by atoms with Crippen molar-refractivity contribution in [3.05, 3.63) is 35.9 Å². The number of amides is 2. The minimum atomic E-state index is -1.12. The summed E-state index contributed by atoms with van der Waals surface area (Å²) in [5.41, 5.74) is 0.614. The molecule has 24 heavy (non-hydrogen) atoms. The van der Waals surface area contributed by atoms with Crippen LogP contribution in [0.4, 0.5) is 0 Å². The lowest BCUT2D eigenvalue weighted by atomic mass is 9.88. The first-order valence-corrected chi connectivity index (χ1v) is 8.97. The van der Waals surface area contributed by atoms with Crippen LogP contribution in [0.1, 0.15) is 43.8 Å². The van der Waals surface area contributed by atoms with Crippen LogP contribution < -0.4 is 0 Å². The van der Waals surface area contributed by atoms with Crippen molar-refractivity contribution in [2.45, 2.75) is 38.2 Å². The maximum absolute atomic E-state index is 12.6. The van der Waals surface area contributed by atoms with Crippen molar-refractivity contribution < 1.29 is 14.7 Å². The van der Waals surface area contributed by atoms with Crippen LogP contribution in [-0.2, 0) is 9.59 Å². The minimum absolute atomic E-state index is 0.177. The van der Waals surface area contributed by atoms with Crippen LogP contribution in [0.25, 0.3) is 0 Å². The van der Waals surface area contributed by atoms with Gasteiger partial charge >= 0.3 is 0 Å². The van der Waals surface area contributed by atoms with Gasteiger partial charge in [0.15, 0.2) is 6.10 Å². The smallest absolute Gasteiger partial charge is 0.256 e. The van der Waals surface area contributed by atoms with E-state index in [2.05, 4.69) is 0 Å². The van der Waals surface area contributed by atoms with Crippen molar-refractivity contribution in [2.75, 3.05) is 26.2 Å². The second-order valence-corrected chi connectivity index (χ2v) is 6.80. The molecule has 2 amide bonds. The van der Waals surface area contributed by atoms with E-state index >= 15 is 0 Å². The second kappa shape index (κ2) is 7.79. The highest BCUT2D eigenvalue weighted by molar-refractivity contribution is 5.83. The lowest BCUT2D eigenvalue weighted by molar-refractivity contribution is -0.147. The molecule has 5 nitrogen and oxygen atoms in total. The van der Waals surface area contributed by atoms with Gasteiger partial charge in [0.05, 0.1) is 0 Å². The van der Waals surface area contributed by atoms with Crippen LogP contribution in [0.2, 0.25) is 0 Å². The summed E-state index contributed by atoms with van der Waals surface area (Å²) in [5.74, 6) is 0.160. The molecule has 0 radical (unpaired) electrons. The number of hydrogen-bond donors (Lipinski definition) is 1. The number of nitrogens with zero attached hydrogens (tertiary/aromatic N) is 2. The average molecular weight is 330 g/mol. The molecule has 1 N–H and O–H groups in total. The van der Waals surface area contributed by atoms with Crippen LogP contribution in [0.5, 0.6) is 0 Å². The normalized spacial score (nSPS) is 20.7. The molecule has 1 aromatic rings. The summed E-state index contributed by atoms with van der Waals surface area (Å²) >= 11 is 0. The molecule has 1 unspecified atom stereocenters. The predicted molar refractivity (Wildman–Crippen MR) is 91.1 cm³/mol. The summed E-state index contributed by atoms with van der Waals surface area (Å²) in [6, 6.07) is 8.99. The highest BCUT2D eigenvalue weighted by atomic mass is 16.3. The summed E-state index contributed by atoms with van der Waals surface area (Å²) in [7, 11) is 0. The standard InChI is InChI=1S/C19H26N2O3/c22-17(15-7-3-1-4-8-15)19(24)21-13-11-20(12-14-21)18(23)16-9-5-2-6-10-16/h1,3-4,7-8,16-17,22H,2,5-6,9-14H2. The Morgan fingerprint density at radius 1 is 0.917 bits per heavy atom. The van der Waals surface area contributed by atoms with E-state index in [1.165, 1.54) is 6.42 Å².